The summed E-state index contributed by atoms with van der Waals surface area (Å²) in [5.74, 6) is -2.56. The maximum atomic E-state index is 13.8. The lowest BCUT2D eigenvalue weighted by Crippen LogP contribution is -2.00. The maximum Gasteiger partial charge on any atom is 0.274 e. The van der Waals surface area contributed by atoms with Crippen LogP contribution in [0.25, 0.3) is 0 Å². The Balaban J connectivity index is 2.41. The molecule has 2 aromatic rings. The van der Waals surface area contributed by atoms with Crippen LogP contribution in [-0.2, 0) is 6.54 Å². The quantitative estimate of drug-likeness (QED) is 0.664. The van der Waals surface area contributed by atoms with Crippen LogP contribution in [0.3, 0.4) is 0 Å². The van der Waals surface area contributed by atoms with Crippen LogP contribution in [0.1, 0.15) is 5.56 Å². The molecule has 8 heteroatoms. The fourth-order valence-corrected chi connectivity index (χ4v) is 2.12. The van der Waals surface area contributed by atoms with Gasteiger partial charge in [-0.15, -0.1) is 0 Å². The number of non-ortho nitro benzene ring substituents is 1. The summed E-state index contributed by atoms with van der Waals surface area (Å²) in [6, 6.07) is 5.77. The van der Waals surface area contributed by atoms with E-state index >= 15 is 0 Å². The number of nitro benzene ring substituents is 1. The summed E-state index contributed by atoms with van der Waals surface area (Å²) < 4.78 is 33.0. The first kappa shape index (κ1) is 15.3. The van der Waals surface area contributed by atoms with Gasteiger partial charge in [0, 0.05) is 17.1 Å². The molecule has 0 spiro atoms. The Bertz CT molecular complexity index is 687. The molecular weight excluding hydrogens is 350 g/mol. The van der Waals surface area contributed by atoms with Crippen molar-refractivity contribution in [2.24, 2.45) is 5.73 Å². The van der Waals surface area contributed by atoms with Gasteiger partial charge in [-0.2, -0.15) is 0 Å². The minimum absolute atomic E-state index is 0.0174. The third-order valence-electron chi connectivity index (χ3n) is 2.58. The number of hydrogen-bond acceptors (Lipinski definition) is 4. The molecule has 0 aliphatic rings. The molecule has 110 valence electrons. The van der Waals surface area contributed by atoms with Gasteiger partial charge in [0.2, 0.25) is 0 Å². The molecule has 21 heavy (non-hydrogen) atoms. The Morgan fingerprint density at radius 2 is 1.81 bits per heavy atom. The summed E-state index contributed by atoms with van der Waals surface area (Å²) in [4.78, 5) is 10.1. The van der Waals surface area contributed by atoms with Gasteiger partial charge >= 0.3 is 0 Å². The molecule has 2 aromatic carbocycles. The van der Waals surface area contributed by atoms with E-state index in [0.29, 0.717) is 4.47 Å². The first-order valence-electron chi connectivity index (χ1n) is 5.71. The summed E-state index contributed by atoms with van der Waals surface area (Å²) in [7, 11) is 0. The topological polar surface area (TPSA) is 78.4 Å². The van der Waals surface area contributed by atoms with Crippen molar-refractivity contribution in [1.82, 2.24) is 0 Å². The van der Waals surface area contributed by atoms with E-state index in [-0.39, 0.29) is 23.5 Å². The summed E-state index contributed by atoms with van der Waals surface area (Å²) in [6.45, 7) is -0.0174. The predicted octanol–water partition coefficient (Wildman–Crippen LogP) is 3.89. The van der Waals surface area contributed by atoms with Crippen LogP contribution >= 0.6 is 15.9 Å². The second-order valence-electron chi connectivity index (χ2n) is 4.10. The Morgan fingerprint density at radius 3 is 2.33 bits per heavy atom. The van der Waals surface area contributed by atoms with Crippen molar-refractivity contribution in [3.63, 3.8) is 0 Å². The number of rotatable bonds is 4. The number of ether oxygens (including phenoxy) is 1. The highest BCUT2D eigenvalue weighted by atomic mass is 79.9. The normalized spacial score (nSPS) is 10.5. The molecule has 0 aromatic heterocycles. The van der Waals surface area contributed by atoms with Crippen LogP contribution in [0.2, 0.25) is 0 Å². The zero-order valence-electron chi connectivity index (χ0n) is 10.5. The van der Waals surface area contributed by atoms with Crippen LogP contribution in [0.15, 0.2) is 34.8 Å². The highest BCUT2D eigenvalue weighted by Crippen LogP contribution is 2.32. The van der Waals surface area contributed by atoms with E-state index < -0.39 is 22.3 Å². The van der Waals surface area contributed by atoms with Crippen LogP contribution in [0.4, 0.5) is 14.5 Å². The number of benzene rings is 2. The zero-order chi connectivity index (χ0) is 15.6. The minimum Gasteiger partial charge on any atom is -0.451 e. The van der Waals surface area contributed by atoms with Gasteiger partial charge in [-0.25, -0.2) is 8.78 Å². The Labute approximate surface area is 126 Å². The molecule has 2 rings (SSSR count). The van der Waals surface area contributed by atoms with E-state index in [1.165, 1.54) is 12.1 Å². The van der Waals surface area contributed by atoms with Gasteiger partial charge in [-0.1, -0.05) is 15.9 Å². The average Bonchev–Trinajstić information content (AvgIpc) is 2.42. The van der Waals surface area contributed by atoms with E-state index in [1.807, 2.05) is 0 Å². The van der Waals surface area contributed by atoms with Gasteiger partial charge in [0.25, 0.3) is 5.69 Å². The van der Waals surface area contributed by atoms with Gasteiger partial charge in [0.05, 0.1) is 11.0 Å². The second kappa shape index (κ2) is 6.15. The van der Waals surface area contributed by atoms with Crippen LogP contribution < -0.4 is 10.5 Å². The van der Waals surface area contributed by atoms with Crippen molar-refractivity contribution in [2.75, 3.05) is 0 Å². The zero-order valence-corrected chi connectivity index (χ0v) is 12.1. The molecule has 0 fully saturated rings. The van der Waals surface area contributed by atoms with Crippen LogP contribution in [-0.4, -0.2) is 4.92 Å². The van der Waals surface area contributed by atoms with E-state index in [0.717, 1.165) is 18.2 Å². The molecule has 0 saturated carbocycles. The molecule has 2 N–H and O–H groups in total. The predicted molar refractivity (Wildman–Crippen MR) is 75.1 cm³/mol. The first-order valence-corrected chi connectivity index (χ1v) is 6.51. The number of nitro groups is 1. The molecule has 0 radical (unpaired) electrons. The Morgan fingerprint density at radius 1 is 1.19 bits per heavy atom. The second-order valence-corrected chi connectivity index (χ2v) is 5.01. The molecule has 0 atom stereocenters. The number of nitrogens with zero attached hydrogens (tertiary/aromatic N) is 1. The Kier molecular flexibility index (Phi) is 4.49. The largest absolute Gasteiger partial charge is 0.451 e. The summed E-state index contributed by atoms with van der Waals surface area (Å²) in [5, 5.41) is 10.7. The molecule has 0 aliphatic heterocycles. The molecule has 0 aliphatic carbocycles. The van der Waals surface area contributed by atoms with Gasteiger partial charge in [-0.3, -0.25) is 10.1 Å². The molecular formula is C13H9BrF2N2O3. The lowest BCUT2D eigenvalue weighted by atomic mass is 10.2. The third kappa shape index (κ3) is 3.53. The van der Waals surface area contributed by atoms with Crippen LogP contribution in [0.5, 0.6) is 11.5 Å². The third-order valence-corrected chi connectivity index (χ3v) is 3.04. The average molecular weight is 359 g/mol. The highest BCUT2D eigenvalue weighted by Gasteiger charge is 2.16. The Hall–Kier alpha value is -2.06. The molecule has 5 nitrogen and oxygen atoms in total. The number of hydrogen-bond donors (Lipinski definition) is 1. The van der Waals surface area contributed by atoms with E-state index in [4.69, 9.17) is 10.5 Å². The van der Waals surface area contributed by atoms with Gasteiger partial charge in [-0.05, 0) is 23.8 Å². The highest BCUT2D eigenvalue weighted by molar-refractivity contribution is 9.10. The lowest BCUT2D eigenvalue weighted by molar-refractivity contribution is -0.385. The van der Waals surface area contributed by atoms with Crippen molar-refractivity contribution < 1.29 is 18.4 Å². The van der Waals surface area contributed by atoms with Gasteiger partial charge in [0.1, 0.15) is 5.75 Å². The lowest BCUT2D eigenvalue weighted by Gasteiger charge is -2.09. The van der Waals surface area contributed by atoms with E-state index in [9.17, 15) is 18.9 Å². The summed E-state index contributed by atoms with van der Waals surface area (Å²) in [6.07, 6.45) is 0. The smallest absolute Gasteiger partial charge is 0.274 e. The molecule has 0 bridgehead atoms. The summed E-state index contributed by atoms with van der Waals surface area (Å²) >= 11 is 3.07. The monoisotopic (exact) mass is 358 g/mol. The van der Waals surface area contributed by atoms with Crippen LogP contribution in [0, 0.1) is 21.7 Å². The van der Waals surface area contributed by atoms with E-state index in [2.05, 4.69) is 15.9 Å². The van der Waals surface area contributed by atoms with Crippen molar-refractivity contribution in [1.29, 1.82) is 0 Å². The van der Waals surface area contributed by atoms with Gasteiger partial charge in [0.15, 0.2) is 17.4 Å². The number of halogens is 3. The van der Waals surface area contributed by atoms with Gasteiger partial charge < -0.3 is 10.5 Å². The molecule has 0 heterocycles. The van der Waals surface area contributed by atoms with Crippen molar-refractivity contribution >= 4 is 21.6 Å². The maximum absolute atomic E-state index is 13.8. The molecule has 0 amide bonds. The van der Waals surface area contributed by atoms with E-state index in [1.54, 1.807) is 0 Å². The molecule has 0 saturated heterocycles. The van der Waals surface area contributed by atoms with Crippen molar-refractivity contribution in [3.8, 4) is 11.5 Å². The van der Waals surface area contributed by atoms with Crippen molar-refractivity contribution in [3.05, 3.63) is 62.1 Å². The standard InChI is InChI=1S/C13H9BrF2N2O3/c14-8-3-9(18(19)20)5-10(4-8)21-13-11(15)1-7(6-17)2-12(13)16/h1-5H,6,17H2. The fraction of sp³-hybridized carbons (Fsp3) is 0.0769. The van der Waals surface area contributed by atoms with Crippen molar-refractivity contribution in [2.45, 2.75) is 6.54 Å². The fourth-order valence-electron chi connectivity index (χ4n) is 1.66. The first-order chi connectivity index (χ1) is 9.90. The SMILES string of the molecule is NCc1cc(F)c(Oc2cc(Br)cc([N+](=O)[O-])c2)c(F)c1. The number of nitrogens with two attached hydrogens (primary N) is 1. The summed E-state index contributed by atoms with van der Waals surface area (Å²) in [5.41, 5.74) is 5.32. The minimum atomic E-state index is -0.932. The molecule has 0 unspecified atom stereocenters.